The van der Waals surface area contributed by atoms with Gasteiger partial charge in [-0.15, -0.1) is 5.10 Å². The third-order valence-corrected chi connectivity index (χ3v) is 2.35. The van der Waals surface area contributed by atoms with Crippen LogP contribution in [0.2, 0.25) is 0 Å². The monoisotopic (exact) mass is 305 g/mol. The molecular weight excluding hydrogens is 296 g/mol. The Bertz CT molecular complexity index is 740. The van der Waals surface area contributed by atoms with Crippen molar-refractivity contribution in [1.82, 2.24) is 25.6 Å². The zero-order valence-corrected chi connectivity index (χ0v) is 10.9. The summed E-state index contributed by atoms with van der Waals surface area (Å²) in [6.45, 7) is -0.277. The van der Waals surface area contributed by atoms with Crippen LogP contribution in [0.1, 0.15) is 5.56 Å². The van der Waals surface area contributed by atoms with Gasteiger partial charge in [0.05, 0.1) is 11.1 Å². The van der Waals surface area contributed by atoms with Gasteiger partial charge < -0.3 is 10.8 Å². The molecule has 0 aliphatic carbocycles. The number of nitro groups is 1. The smallest absolute Gasteiger partial charge is 0.270 e. The second kappa shape index (κ2) is 6.25. The Balaban J connectivity index is 1.98. The second-order valence-corrected chi connectivity index (χ2v) is 3.95. The number of tetrazole rings is 1. The van der Waals surface area contributed by atoms with E-state index in [0.29, 0.717) is 0 Å². The molecule has 0 unspecified atom stereocenters. The average molecular weight is 305 g/mol. The van der Waals surface area contributed by atoms with Gasteiger partial charge in [-0.1, -0.05) is 16.9 Å². The van der Waals surface area contributed by atoms with Crippen LogP contribution in [0, 0.1) is 10.1 Å². The largest absolute Gasteiger partial charge is 0.872 e. The molecule has 1 aromatic carbocycles. The predicted molar refractivity (Wildman–Crippen MR) is 70.5 cm³/mol. The van der Waals surface area contributed by atoms with Crippen LogP contribution >= 0.6 is 0 Å². The average Bonchev–Trinajstić information content (AvgIpc) is 2.85. The molecule has 2 rings (SSSR count). The molecule has 2 aromatic rings. The van der Waals surface area contributed by atoms with E-state index in [-0.39, 0.29) is 23.7 Å². The highest BCUT2D eigenvalue weighted by atomic mass is 16.6. The Hall–Kier alpha value is -3.57. The molecule has 0 spiro atoms. The number of carbonyl (C=O) groups excluding carboxylic acids is 1. The van der Waals surface area contributed by atoms with Gasteiger partial charge in [0.1, 0.15) is 6.54 Å². The Morgan fingerprint density at radius 1 is 1.55 bits per heavy atom. The summed E-state index contributed by atoms with van der Waals surface area (Å²) in [5, 5.41) is 36.1. The first-order chi connectivity index (χ1) is 10.5. The van der Waals surface area contributed by atoms with E-state index in [2.05, 4.69) is 25.9 Å². The summed E-state index contributed by atoms with van der Waals surface area (Å²) < 4.78 is 0. The van der Waals surface area contributed by atoms with Crippen molar-refractivity contribution in [2.45, 2.75) is 6.54 Å². The van der Waals surface area contributed by atoms with Crippen LogP contribution in [-0.2, 0) is 11.3 Å². The molecule has 0 saturated heterocycles. The lowest BCUT2D eigenvalue weighted by atomic mass is 10.2. The van der Waals surface area contributed by atoms with E-state index in [9.17, 15) is 20.0 Å². The Morgan fingerprint density at radius 2 is 2.32 bits per heavy atom. The van der Waals surface area contributed by atoms with Crippen molar-refractivity contribution in [3.05, 3.63) is 33.9 Å². The third kappa shape index (κ3) is 3.72. The van der Waals surface area contributed by atoms with Gasteiger partial charge >= 0.3 is 0 Å². The van der Waals surface area contributed by atoms with Gasteiger partial charge in [0.15, 0.2) is 0 Å². The quantitative estimate of drug-likeness (QED) is 0.376. The number of hydrazone groups is 1. The van der Waals surface area contributed by atoms with Crippen LogP contribution in [0.4, 0.5) is 11.6 Å². The molecule has 12 heteroatoms. The predicted octanol–water partition coefficient (Wildman–Crippen LogP) is -1.61. The Kier molecular flexibility index (Phi) is 4.22. The van der Waals surface area contributed by atoms with Crippen molar-refractivity contribution in [2.24, 2.45) is 5.10 Å². The van der Waals surface area contributed by atoms with Crippen LogP contribution in [-0.4, -0.2) is 37.3 Å². The van der Waals surface area contributed by atoms with E-state index in [1.165, 1.54) is 0 Å². The van der Waals surface area contributed by atoms with E-state index < -0.39 is 16.6 Å². The maximum atomic E-state index is 11.5. The molecule has 0 atom stereocenters. The standard InChI is InChI=1S/C10H10N8O4/c11-10-14-16-17(15-10)5-9(20)13-12-4-6-3-7(18(21)22)1-2-8(6)19/h1-4,19H,5H2,(H2,11,15)(H,13,20)/p-1. The van der Waals surface area contributed by atoms with E-state index >= 15 is 0 Å². The minimum atomic E-state index is -0.643. The summed E-state index contributed by atoms with van der Waals surface area (Å²) in [6.07, 6.45) is 1.01. The third-order valence-electron chi connectivity index (χ3n) is 2.35. The minimum absolute atomic E-state index is 0.0300. The van der Waals surface area contributed by atoms with Crippen LogP contribution < -0.4 is 16.3 Å². The van der Waals surface area contributed by atoms with Crippen molar-refractivity contribution in [3.63, 3.8) is 0 Å². The second-order valence-electron chi connectivity index (χ2n) is 3.95. The Labute approximate surface area is 122 Å². The molecule has 0 radical (unpaired) electrons. The molecule has 114 valence electrons. The SMILES string of the molecule is Nc1nnn(CC(=O)NN=Cc2cc([N+](=O)[O-])ccc2[O-])n1. The fourth-order valence-electron chi connectivity index (χ4n) is 1.41. The number of hydrogen-bond donors (Lipinski definition) is 2. The molecule has 1 aromatic heterocycles. The molecule has 1 heterocycles. The normalized spacial score (nSPS) is 10.7. The zero-order chi connectivity index (χ0) is 16.1. The molecule has 1 amide bonds. The van der Waals surface area contributed by atoms with Gasteiger partial charge in [0.2, 0.25) is 0 Å². The number of non-ortho nitro benzene ring substituents is 1. The molecule has 0 bridgehead atoms. The highest BCUT2D eigenvalue weighted by molar-refractivity contribution is 5.85. The number of carbonyl (C=O) groups is 1. The molecule has 0 aliphatic rings. The molecule has 0 fully saturated rings. The van der Waals surface area contributed by atoms with E-state index in [4.69, 9.17) is 5.73 Å². The number of amides is 1. The van der Waals surface area contributed by atoms with Crippen LogP contribution in [0.15, 0.2) is 23.3 Å². The van der Waals surface area contributed by atoms with E-state index in [0.717, 1.165) is 29.2 Å². The summed E-state index contributed by atoms with van der Waals surface area (Å²) in [7, 11) is 0. The number of nitro benzene ring substituents is 1. The lowest BCUT2D eigenvalue weighted by Crippen LogP contribution is -2.24. The number of nitrogens with zero attached hydrogens (tertiary/aromatic N) is 6. The van der Waals surface area contributed by atoms with Crippen molar-refractivity contribution < 1.29 is 14.8 Å². The van der Waals surface area contributed by atoms with Crippen LogP contribution in [0.5, 0.6) is 5.75 Å². The van der Waals surface area contributed by atoms with Gasteiger partial charge in [-0.05, 0) is 10.8 Å². The van der Waals surface area contributed by atoms with E-state index in [1.54, 1.807) is 0 Å². The number of hydrogen-bond acceptors (Lipinski definition) is 9. The molecule has 3 N–H and O–H groups in total. The van der Waals surface area contributed by atoms with Crippen molar-refractivity contribution in [3.8, 4) is 5.75 Å². The first kappa shape index (κ1) is 14.8. The fraction of sp³-hybridized carbons (Fsp3) is 0.100. The van der Waals surface area contributed by atoms with Crippen molar-refractivity contribution in [2.75, 3.05) is 5.73 Å². The zero-order valence-electron chi connectivity index (χ0n) is 10.9. The fourth-order valence-corrected chi connectivity index (χ4v) is 1.41. The summed E-state index contributed by atoms with van der Waals surface area (Å²) in [6, 6.07) is 3.18. The lowest BCUT2D eigenvalue weighted by molar-refractivity contribution is -0.385. The number of benzene rings is 1. The van der Waals surface area contributed by atoms with Gasteiger partial charge in [-0.2, -0.15) is 9.90 Å². The molecule has 0 saturated carbocycles. The van der Waals surface area contributed by atoms with Gasteiger partial charge in [-0.3, -0.25) is 14.9 Å². The minimum Gasteiger partial charge on any atom is -0.872 e. The lowest BCUT2D eigenvalue weighted by Gasteiger charge is -2.08. The summed E-state index contributed by atoms with van der Waals surface area (Å²) in [5.41, 5.74) is 7.06. The number of nitrogens with two attached hydrogens (primary N) is 1. The topological polar surface area (TPSA) is 177 Å². The highest BCUT2D eigenvalue weighted by Gasteiger charge is 2.06. The number of aromatic nitrogens is 4. The summed E-state index contributed by atoms with van der Waals surface area (Å²) in [4.78, 5) is 22.4. The van der Waals surface area contributed by atoms with Crippen LogP contribution in [0.25, 0.3) is 0 Å². The molecular formula is C10H9N8O4-. The highest BCUT2D eigenvalue weighted by Crippen LogP contribution is 2.18. The molecule has 0 aliphatic heterocycles. The van der Waals surface area contributed by atoms with Gasteiger partial charge in [0.25, 0.3) is 17.5 Å². The maximum absolute atomic E-state index is 11.5. The van der Waals surface area contributed by atoms with Crippen LogP contribution in [0.3, 0.4) is 0 Å². The maximum Gasteiger partial charge on any atom is 0.270 e. The van der Waals surface area contributed by atoms with E-state index in [1.807, 2.05) is 0 Å². The molecule has 12 nitrogen and oxygen atoms in total. The summed E-state index contributed by atoms with van der Waals surface area (Å²) >= 11 is 0. The first-order valence-electron chi connectivity index (χ1n) is 5.76. The number of anilines is 1. The Morgan fingerprint density at radius 3 is 2.95 bits per heavy atom. The summed E-state index contributed by atoms with van der Waals surface area (Å²) in [5.74, 6) is -1.13. The number of rotatable bonds is 5. The number of nitrogen functional groups attached to an aromatic ring is 1. The first-order valence-corrected chi connectivity index (χ1v) is 5.76. The number of nitrogens with one attached hydrogen (secondary N) is 1. The van der Waals surface area contributed by atoms with Gasteiger partial charge in [0, 0.05) is 12.1 Å². The van der Waals surface area contributed by atoms with Crippen molar-refractivity contribution >= 4 is 23.8 Å². The molecule has 22 heavy (non-hydrogen) atoms. The van der Waals surface area contributed by atoms with Gasteiger partial charge in [-0.25, -0.2) is 5.43 Å². The van der Waals surface area contributed by atoms with Crippen molar-refractivity contribution in [1.29, 1.82) is 0 Å².